The molecule has 0 atom stereocenters. The van der Waals surface area contributed by atoms with E-state index >= 15 is 0 Å². The molecule has 1 N–H and O–H groups in total. The van der Waals surface area contributed by atoms with E-state index in [0.717, 1.165) is 0 Å². The van der Waals surface area contributed by atoms with Crippen molar-refractivity contribution in [3.8, 4) is 5.75 Å². The Kier molecular flexibility index (Phi) is 4.06. The van der Waals surface area contributed by atoms with Crippen LogP contribution in [0.4, 0.5) is 5.69 Å². The lowest BCUT2D eigenvalue weighted by atomic mass is 10.3. The van der Waals surface area contributed by atoms with Crippen LogP contribution in [0.15, 0.2) is 30.4 Å². The number of nitrogens with zero attached hydrogens (tertiary/aromatic N) is 1. The molecule has 1 rings (SSSR count). The standard InChI is InChI=1S/C10H8ClNO5/c1-6(10(13)14)5-17-7-2-3-9(12(15)16)8(11)4-7/h2-4H,1,5H2,(H,13,14). The molecule has 0 heterocycles. The predicted octanol–water partition coefficient (Wildman–Crippen LogP) is 2.27. The minimum atomic E-state index is -1.17. The number of hydrogen-bond donors (Lipinski definition) is 1. The lowest BCUT2D eigenvalue weighted by Crippen LogP contribution is -2.08. The van der Waals surface area contributed by atoms with Gasteiger partial charge < -0.3 is 9.84 Å². The molecule has 0 bridgehead atoms. The van der Waals surface area contributed by atoms with E-state index in [-0.39, 0.29) is 28.6 Å². The molecule has 1 aromatic carbocycles. The molecule has 90 valence electrons. The number of carboxylic acids is 1. The van der Waals surface area contributed by atoms with Crippen molar-refractivity contribution in [3.05, 3.63) is 45.5 Å². The third kappa shape index (κ3) is 3.46. The van der Waals surface area contributed by atoms with Gasteiger partial charge in [0.2, 0.25) is 0 Å². The summed E-state index contributed by atoms with van der Waals surface area (Å²) in [7, 11) is 0. The second kappa shape index (κ2) is 5.31. The third-order valence-electron chi connectivity index (χ3n) is 1.83. The predicted molar refractivity (Wildman–Crippen MR) is 60.4 cm³/mol. The molecule has 0 fully saturated rings. The van der Waals surface area contributed by atoms with Crippen molar-refractivity contribution >= 4 is 23.3 Å². The Balaban J connectivity index is 2.75. The summed E-state index contributed by atoms with van der Waals surface area (Å²) in [5, 5.41) is 18.9. The van der Waals surface area contributed by atoms with Crippen LogP contribution in [0.25, 0.3) is 0 Å². The fraction of sp³-hybridized carbons (Fsp3) is 0.100. The minimum Gasteiger partial charge on any atom is -0.489 e. The topological polar surface area (TPSA) is 89.7 Å². The Morgan fingerprint density at radius 1 is 1.59 bits per heavy atom. The summed E-state index contributed by atoms with van der Waals surface area (Å²) in [6, 6.07) is 3.76. The number of aliphatic carboxylic acids is 1. The second-order valence-electron chi connectivity index (χ2n) is 3.07. The number of nitro groups is 1. The van der Waals surface area contributed by atoms with Crippen LogP contribution in [0.5, 0.6) is 5.75 Å². The van der Waals surface area contributed by atoms with Crippen molar-refractivity contribution in [2.24, 2.45) is 0 Å². The van der Waals surface area contributed by atoms with Crippen LogP contribution < -0.4 is 4.74 Å². The molecule has 0 aromatic heterocycles. The average Bonchev–Trinajstić information content (AvgIpc) is 2.25. The molecule has 0 unspecified atom stereocenters. The van der Waals surface area contributed by atoms with E-state index in [9.17, 15) is 14.9 Å². The zero-order chi connectivity index (χ0) is 13.0. The van der Waals surface area contributed by atoms with Crippen LogP contribution in [0, 0.1) is 10.1 Å². The molecular formula is C10H8ClNO5. The molecule has 0 aliphatic carbocycles. The smallest absolute Gasteiger partial charge is 0.334 e. The van der Waals surface area contributed by atoms with Crippen molar-refractivity contribution in [3.63, 3.8) is 0 Å². The number of carbonyl (C=O) groups is 1. The molecule has 0 spiro atoms. The Bertz CT molecular complexity index is 486. The molecule has 1 aromatic rings. The summed E-state index contributed by atoms with van der Waals surface area (Å²) in [6.45, 7) is 3.05. The molecule has 0 aliphatic heterocycles. The molecule has 0 radical (unpaired) electrons. The van der Waals surface area contributed by atoms with Crippen LogP contribution in [0.1, 0.15) is 0 Å². The van der Waals surface area contributed by atoms with E-state index < -0.39 is 10.9 Å². The first kappa shape index (κ1) is 13.0. The first-order valence-electron chi connectivity index (χ1n) is 4.39. The zero-order valence-corrected chi connectivity index (χ0v) is 9.31. The van der Waals surface area contributed by atoms with Gasteiger partial charge in [-0.2, -0.15) is 0 Å². The van der Waals surface area contributed by atoms with Gasteiger partial charge in [0.1, 0.15) is 17.4 Å². The second-order valence-corrected chi connectivity index (χ2v) is 3.47. The number of nitro benzene ring substituents is 1. The maximum absolute atomic E-state index is 10.5. The summed E-state index contributed by atoms with van der Waals surface area (Å²) in [6.07, 6.45) is 0. The third-order valence-corrected chi connectivity index (χ3v) is 2.13. The zero-order valence-electron chi connectivity index (χ0n) is 8.55. The van der Waals surface area contributed by atoms with Gasteiger partial charge in [0.15, 0.2) is 0 Å². The van der Waals surface area contributed by atoms with E-state index in [4.69, 9.17) is 21.4 Å². The van der Waals surface area contributed by atoms with Crippen molar-refractivity contribution in [2.45, 2.75) is 0 Å². The van der Waals surface area contributed by atoms with Gasteiger partial charge in [-0.3, -0.25) is 10.1 Å². The number of hydrogen-bond acceptors (Lipinski definition) is 4. The van der Waals surface area contributed by atoms with Crippen LogP contribution in [0.3, 0.4) is 0 Å². The first-order valence-corrected chi connectivity index (χ1v) is 4.77. The minimum absolute atomic E-state index is 0.0755. The molecule has 0 aliphatic rings. The summed E-state index contributed by atoms with van der Waals surface area (Å²) in [5.41, 5.74) is -0.365. The summed E-state index contributed by atoms with van der Waals surface area (Å²) in [4.78, 5) is 20.3. The highest BCUT2D eigenvalue weighted by atomic mass is 35.5. The summed E-state index contributed by atoms with van der Waals surface area (Å²) >= 11 is 5.64. The van der Waals surface area contributed by atoms with Crippen LogP contribution >= 0.6 is 11.6 Å². The van der Waals surface area contributed by atoms with Crippen molar-refractivity contribution in [1.82, 2.24) is 0 Å². The molecule has 7 heteroatoms. The number of carboxylic acid groups (broad SMARTS) is 1. The van der Waals surface area contributed by atoms with Gasteiger partial charge in [0.25, 0.3) is 5.69 Å². The Morgan fingerprint density at radius 3 is 2.71 bits per heavy atom. The van der Waals surface area contributed by atoms with Crippen molar-refractivity contribution in [2.75, 3.05) is 6.61 Å². The van der Waals surface area contributed by atoms with E-state index in [1.807, 2.05) is 0 Å². The normalized spacial score (nSPS) is 9.71. The SMILES string of the molecule is C=C(COc1ccc([N+](=O)[O-])c(Cl)c1)C(=O)O. The number of rotatable bonds is 5. The van der Waals surface area contributed by atoms with Crippen LogP contribution in [0.2, 0.25) is 5.02 Å². The van der Waals surface area contributed by atoms with Crippen molar-refractivity contribution < 1.29 is 19.6 Å². The Hall–Kier alpha value is -2.08. The highest BCUT2D eigenvalue weighted by Crippen LogP contribution is 2.28. The van der Waals surface area contributed by atoms with E-state index in [2.05, 4.69) is 6.58 Å². The highest BCUT2D eigenvalue weighted by Gasteiger charge is 2.13. The maximum Gasteiger partial charge on any atom is 0.334 e. The van der Waals surface area contributed by atoms with Gasteiger partial charge in [-0.15, -0.1) is 0 Å². The molecule has 0 amide bonds. The van der Waals surface area contributed by atoms with E-state index in [1.54, 1.807) is 0 Å². The van der Waals surface area contributed by atoms with Crippen LogP contribution in [-0.2, 0) is 4.79 Å². The van der Waals surface area contributed by atoms with Gasteiger partial charge in [0, 0.05) is 12.1 Å². The lowest BCUT2D eigenvalue weighted by Gasteiger charge is -2.06. The van der Waals surface area contributed by atoms with Crippen molar-refractivity contribution in [1.29, 1.82) is 0 Å². The van der Waals surface area contributed by atoms with Gasteiger partial charge in [0.05, 0.1) is 10.5 Å². The molecule has 17 heavy (non-hydrogen) atoms. The monoisotopic (exact) mass is 257 g/mol. The average molecular weight is 258 g/mol. The summed E-state index contributed by atoms with van der Waals surface area (Å²) < 4.78 is 5.06. The van der Waals surface area contributed by atoms with Gasteiger partial charge in [-0.05, 0) is 6.07 Å². The number of ether oxygens (including phenoxy) is 1. The molecule has 0 saturated carbocycles. The Labute approximate surface area is 101 Å². The fourth-order valence-corrected chi connectivity index (χ4v) is 1.20. The highest BCUT2D eigenvalue weighted by molar-refractivity contribution is 6.32. The summed E-state index contributed by atoms with van der Waals surface area (Å²) in [5.74, 6) is -0.930. The first-order chi connectivity index (χ1) is 7.91. The quantitative estimate of drug-likeness (QED) is 0.496. The molecule has 0 saturated heterocycles. The number of halogens is 1. The van der Waals surface area contributed by atoms with E-state index in [0.29, 0.717) is 0 Å². The maximum atomic E-state index is 10.5. The van der Waals surface area contributed by atoms with E-state index in [1.165, 1.54) is 18.2 Å². The lowest BCUT2D eigenvalue weighted by molar-refractivity contribution is -0.384. The largest absolute Gasteiger partial charge is 0.489 e. The van der Waals surface area contributed by atoms with Gasteiger partial charge in [-0.25, -0.2) is 4.79 Å². The molecular weight excluding hydrogens is 250 g/mol. The van der Waals surface area contributed by atoms with Crippen LogP contribution in [-0.4, -0.2) is 22.6 Å². The van der Waals surface area contributed by atoms with Gasteiger partial charge in [-0.1, -0.05) is 18.2 Å². The Morgan fingerprint density at radius 2 is 2.24 bits per heavy atom. The fourth-order valence-electron chi connectivity index (χ4n) is 0.958. The molecule has 6 nitrogen and oxygen atoms in total. The number of benzene rings is 1. The van der Waals surface area contributed by atoms with Gasteiger partial charge >= 0.3 is 5.97 Å².